The van der Waals surface area contributed by atoms with Crippen LogP contribution in [0.25, 0.3) is 0 Å². The van der Waals surface area contributed by atoms with Gasteiger partial charge in [0.05, 0.1) is 25.9 Å². The number of carbonyl (C=O) groups excluding carboxylic acids is 1. The van der Waals surface area contributed by atoms with E-state index in [1.54, 1.807) is 31.3 Å². The summed E-state index contributed by atoms with van der Waals surface area (Å²) in [5.41, 5.74) is -0.289. The number of hydrogen-bond acceptors (Lipinski definition) is 4. The lowest BCUT2D eigenvalue weighted by Crippen LogP contribution is -2.53. The van der Waals surface area contributed by atoms with Crippen molar-refractivity contribution in [2.24, 2.45) is 5.41 Å². The van der Waals surface area contributed by atoms with Gasteiger partial charge in [-0.25, -0.2) is 0 Å². The third kappa shape index (κ3) is 2.40. The monoisotopic (exact) mass is 260 g/mol. The van der Waals surface area contributed by atoms with Crippen LogP contribution in [0, 0.1) is 16.7 Å². The molecule has 0 saturated carbocycles. The summed E-state index contributed by atoms with van der Waals surface area (Å²) < 4.78 is 10.3. The summed E-state index contributed by atoms with van der Waals surface area (Å²) in [5, 5.41) is 9.12. The molecule has 1 saturated heterocycles. The van der Waals surface area contributed by atoms with E-state index in [2.05, 4.69) is 6.07 Å². The number of carbonyl (C=O) groups is 1. The zero-order valence-electron chi connectivity index (χ0n) is 11.0. The molecular weight excluding hydrogens is 244 g/mol. The molecular formula is C14H16N2O3. The fraction of sp³-hybridized carbons (Fsp3) is 0.429. The molecule has 100 valence electrons. The van der Waals surface area contributed by atoms with Gasteiger partial charge in [-0.3, -0.25) is 4.79 Å². The second-order valence-electron chi connectivity index (χ2n) is 4.48. The van der Waals surface area contributed by atoms with Crippen LogP contribution in [0.4, 0.5) is 5.69 Å². The van der Waals surface area contributed by atoms with Gasteiger partial charge in [-0.15, -0.1) is 0 Å². The molecule has 1 aliphatic rings. The Hall–Kier alpha value is -2.06. The molecule has 1 amide bonds. The van der Waals surface area contributed by atoms with Crippen molar-refractivity contribution in [1.29, 1.82) is 5.26 Å². The number of ether oxygens (including phenoxy) is 2. The Kier molecular flexibility index (Phi) is 3.72. The topological polar surface area (TPSA) is 62.6 Å². The molecule has 0 aromatic heterocycles. The van der Waals surface area contributed by atoms with Gasteiger partial charge in [0.25, 0.3) is 5.91 Å². The van der Waals surface area contributed by atoms with Crippen molar-refractivity contribution in [3.05, 3.63) is 24.3 Å². The summed E-state index contributed by atoms with van der Waals surface area (Å²) in [7, 11) is 1.66. The fourth-order valence-electron chi connectivity index (χ4n) is 1.91. The van der Waals surface area contributed by atoms with Gasteiger partial charge in [0.1, 0.15) is 5.75 Å². The van der Waals surface area contributed by atoms with Crippen LogP contribution in [0.5, 0.6) is 5.75 Å². The standard InChI is InChI=1S/C14H16N2O3/c1-3-19-12-6-4-11(5-7-12)16(2)13(17)14(8-15)9-18-10-14/h4-7H,3,9-10H2,1-2H3. The minimum Gasteiger partial charge on any atom is -0.494 e. The molecule has 19 heavy (non-hydrogen) atoms. The summed E-state index contributed by atoms with van der Waals surface area (Å²) in [6.45, 7) is 2.85. The molecule has 5 nitrogen and oxygen atoms in total. The lowest BCUT2D eigenvalue weighted by atomic mass is 9.86. The van der Waals surface area contributed by atoms with Gasteiger partial charge in [0.15, 0.2) is 5.41 Å². The minimum atomic E-state index is -1.02. The molecule has 2 rings (SSSR count). The molecule has 0 atom stereocenters. The molecule has 1 aromatic carbocycles. The number of amides is 1. The van der Waals surface area contributed by atoms with Crippen molar-refractivity contribution in [2.75, 3.05) is 31.8 Å². The maximum absolute atomic E-state index is 12.3. The average Bonchev–Trinajstić information content (AvgIpc) is 2.38. The normalized spacial score (nSPS) is 16.1. The van der Waals surface area contributed by atoms with Crippen LogP contribution in [0.15, 0.2) is 24.3 Å². The van der Waals surface area contributed by atoms with Crippen molar-refractivity contribution < 1.29 is 14.3 Å². The highest BCUT2D eigenvalue weighted by Crippen LogP contribution is 2.31. The second kappa shape index (κ2) is 5.29. The van der Waals surface area contributed by atoms with Crippen LogP contribution in [0.2, 0.25) is 0 Å². The maximum atomic E-state index is 12.3. The van der Waals surface area contributed by atoms with Gasteiger partial charge >= 0.3 is 0 Å². The summed E-state index contributed by atoms with van der Waals surface area (Å²) in [5.74, 6) is 0.527. The Labute approximate surface area is 112 Å². The van der Waals surface area contributed by atoms with E-state index >= 15 is 0 Å². The van der Waals surface area contributed by atoms with Gasteiger partial charge in [-0.2, -0.15) is 5.26 Å². The van der Waals surface area contributed by atoms with Crippen LogP contribution < -0.4 is 9.64 Å². The van der Waals surface area contributed by atoms with Gasteiger partial charge < -0.3 is 14.4 Å². The first-order valence-corrected chi connectivity index (χ1v) is 6.13. The van der Waals surface area contributed by atoms with Crippen LogP contribution >= 0.6 is 0 Å². The number of nitrogens with zero attached hydrogens (tertiary/aromatic N) is 2. The lowest BCUT2D eigenvalue weighted by Gasteiger charge is -2.36. The number of hydrogen-bond donors (Lipinski definition) is 0. The maximum Gasteiger partial charge on any atom is 0.252 e. The third-order valence-corrected chi connectivity index (χ3v) is 3.16. The Morgan fingerprint density at radius 1 is 1.47 bits per heavy atom. The zero-order chi connectivity index (χ0) is 13.9. The number of anilines is 1. The Morgan fingerprint density at radius 2 is 2.11 bits per heavy atom. The molecule has 0 unspecified atom stereocenters. The molecule has 0 aliphatic carbocycles. The van der Waals surface area contributed by atoms with Crippen molar-refractivity contribution in [3.8, 4) is 11.8 Å². The van der Waals surface area contributed by atoms with E-state index in [4.69, 9.17) is 14.7 Å². The first kappa shape index (κ1) is 13.4. The Morgan fingerprint density at radius 3 is 2.53 bits per heavy atom. The van der Waals surface area contributed by atoms with Gasteiger partial charge in [0, 0.05) is 12.7 Å². The van der Waals surface area contributed by atoms with Crippen LogP contribution in [-0.2, 0) is 9.53 Å². The highest BCUT2D eigenvalue weighted by Gasteiger charge is 2.48. The molecule has 1 aliphatic heterocycles. The first-order valence-electron chi connectivity index (χ1n) is 6.13. The molecule has 0 bridgehead atoms. The van der Waals surface area contributed by atoms with E-state index in [1.165, 1.54) is 4.90 Å². The van der Waals surface area contributed by atoms with Crippen molar-refractivity contribution in [3.63, 3.8) is 0 Å². The number of benzene rings is 1. The van der Waals surface area contributed by atoms with E-state index in [9.17, 15) is 4.79 Å². The Bertz CT molecular complexity index is 500. The lowest BCUT2D eigenvalue weighted by molar-refractivity contribution is -0.146. The molecule has 0 N–H and O–H groups in total. The van der Waals surface area contributed by atoms with Crippen LogP contribution in [-0.4, -0.2) is 32.8 Å². The van der Waals surface area contributed by atoms with Crippen molar-refractivity contribution >= 4 is 11.6 Å². The number of nitriles is 1. The third-order valence-electron chi connectivity index (χ3n) is 3.16. The SMILES string of the molecule is CCOc1ccc(N(C)C(=O)C2(C#N)COC2)cc1. The summed E-state index contributed by atoms with van der Waals surface area (Å²) in [6.07, 6.45) is 0. The summed E-state index contributed by atoms with van der Waals surface area (Å²) in [6, 6.07) is 9.26. The van der Waals surface area contributed by atoms with Crippen LogP contribution in [0.1, 0.15) is 6.92 Å². The van der Waals surface area contributed by atoms with Crippen molar-refractivity contribution in [1.82, 2.24) is 0 Å². The van der Waals surface area contributed by atoms with Gasteiger partial charge in [-0.05, 0) is 31.2 Å². The van der Waals surface area contributed by atoms with E-state index in [-0.39, 0.29) is 19.1 Å². The molecule has 0 radical (unpaired) electrons. The minimum absolute atomic E-state index is 0.170. The Balaban J connectivity index is 2.13. The average molecular weight is 260 g/mol. The van der Waals surface area contributed by atoms with E-state index in [1.807, 2.05) is 6.92 Å². The smallest absolute Gasteiger partial charge is 0.252 e. The highest BCUT2D eigenvalue weighted by molar-refractivity contribution is 5.99. The zero-order valence-corrected chi connectivity index (χ0v) is 11.0. The fourth-order valence-corrected chi connectivity index (χ4v) is 1.91. The predicted octanol–water partition coefficient (Wildman–Crippen LogP) is 1.59. The predicted molar refractivity (Wildman–Crippen MR) is 69.9 cm³/mol. The van der Waals surface area contributed by atoms with Crippen molar-refractivity contribution in [2.45, 2.75) is 6.92 Å². The van der Waals surface area contributed by atoms with Gasteiger partial charge in [0.2, 0.25) is 0 Å². The van der Waals surface area contributed by atoms with Crippen LogP contribution in [0.3, 0.4) is 0 Å². The highest BCUT2D eigenvalue weighted by atomic mass is 16.5. The summed E-state index contributed by atoms with van der Waals surface area (Å²) >= 11 is 0. The molecule has 1 aromatic rings. The quantitative estimate of drug-likeness (QED) is 0.824. The van der Waals surface area contributed by atoms with Gasteiger partial charge in [-0.1, -0.05) is 0 Å². The second-order valence-corrected chi connectivity index (χ2v) is 4.48. The molecule has 5 heteroatoms. The molecule has 0 spiro atoms. The summed E-state index contributed by atoms with van der Waals surface area (Å²) in [4.78, 5) is 13.8. The first-order chi connectivity index (χ1) is 9.13. The van der Waals surface area contributed by atoms with E-state index < -0.39 is 5.41 Å². The van der Waals surface area contributed by atoms with E-state index in [0.29, 0.717) is 6.61 Å². The molecule has 1 heterocycles. The largest absolute Gasteiger partial charge is 0.494 e. The number of rotatable bonds is 4. The molecule has 1 fully saturated rings. The van der Waals surface area contributed by atoms with E-state index in [0.717, 1.165) is 11.4 Å².